The van der Waals surface area contributed by atoms with Gasteiger partial charge < -0.3 is 10.6 Å². The molecule has 0 saturated carbocycles. The molecule has 0 spiro atoms. The maximum atomic E-state index is 12.2. The normalized spacial score (nSPS) is 20.1. The van der Waals surface area contributed by atoms with Gasteiger partial charge in [-0.25, -0.2) is 8.42 Å². The maximum absolute atomic E-state index is 12.2. The van der Waals surface area contributed by atoms with Gasteiger partial charge in [0.05, 0.1) is 17.4 Å². The molecule has 0 aromatic heterocycles. The second-order valence-corrected chi connectivity index (χ2v) is 7.01. The first-order chi connectivity index (χ1) is 9.37. The average molecular weight is 294 g/mol. The summed E-state index contributed by atoms with van der Waals surface area (Å²) in [6.07, 6.45) is 1.51. The summed E-state index contributed by atoms with van der Waals surface area (Å²) in [6.45, 7) is 3.97. The number of amides is 1. The van der Waals surface area contributed by atoms with Crippen LogP contribution in [0.15, 0.2) is 35.7 Å². The lowest BCUT2D eigenvalue weighted by Gasteiger charge is -2.16. The van der Waals surface area contributed by atoms with Gasteiger partial charge in [0.15, 0.2) is 9.84 Å². The number of hydrogen-bond acceptors (Lipinski definition) is 4. The Hall–Kier alpha value is -1.82. The molecule has 108 valence electrons. The van der Waals surface area contributed by atoms with Crippen LogP contribution in [0.4, 0.5) is 5.69 Å². The first-order valence-electron chi connectivity index (χ1n) is 6.45. The van der Waals surface area contributed by atoms with E-state index in [4.69, 9.17) is 0 Å². The molecule has 1 aromatic carbocycles. The van der Waals surface area contributed by atoms with Crippen LogP contribution in [0.2, 0.25) is 0 Å². The predicted octanol–water partition coefficient (Wildman–Crippen LogP) is 1.55. The summed E-state index contributed by atoms with van der Waals surface area (Å²) >= 11 is 0. The highest BCUT2D eigenvalue weighted by molar-refractivity contribution is 7.94. The van der Waals surface area contributed by atoms with Gasteiger partial charge in [-0.3, -0.25) is 4.79 Å². The molecule has 1 amide bonds. The van der Waals surface area contributed by atoms with E-state index in [1.54, 1.807) is 12.1 Å². The number of sulfone groups is 1. The van der Waals surface area contributed by atoms with Crippen LogP contribution in [0.1, 0.15) is 24.2 Å². The minimum Gasteiger partial charge on any atom is -0.382 e. The van der Waals surface area contributed by atoms with Crippen LogP contribution < -0.4 is 10.6 Å². The van der Waals surface area contributed by atoms with E-state index in [-0.39, 0.29) is 17.7 Å². The van der Waals surface area contributed by atoms with Crippen molar-refractivity contribution in [3.63, 3.8) is 0 Å². The van der Waals surface area contributed by atoms with Crippen LogP contribution in [0.3, 0.4) is 0 Å². The van der Waals surface area contributed by atoms with Gasteiger partial charge in [0.1, 0.15) is 0 Å². The number of rotatable bonds is 4. The molecule has 2 N–H and O–H groups in total. The number of hydrogen-bond donors (Lipinski definition) is 2. The van der Waals surface area contributed by atoms with Gasteiger partial charge in [-0.1, -0.05) is 12.1 Å². The standard InChI is InChI=1S/C14H18N2O3S/c1-10(2)15-13-6-4-3-5-12(13)14(17)16-11-7-8-20(18,19)9-11/h3-8,10-11,15H,9H2,1-2H3,(H,16,17). The number of para-hydroxylation sites is 1. The Morgan fingerprint density at radius 1 is 1.30 bits per heavy atom. The lowest BCUT2D eigenvalue weighted by Crippen LogP contribution is -2.36. The van der Waals surface area contributed by atoms with E-state index in [1.165, 1.54) is 6.08 Å². The molecule has 0 bridgehead atoms. The van der Waals surface area contributed by atoms with Crippen molar-refractivity contribution in [3.8, 4) is 0 Å². The lowest BCUT2D eigenvalue weighted by atomic mass is 10.1. The van der Waals surface area contributed by atoms with E-state index in [2.05, 4.69) is 10.6 Å². The molecule has 1 aliphatic heterocycles. The number of anilines is 1. The summed E-state index contributed by atoms with van der Waals surface area (Å²) in [5, 5.41) is 7.07. The van der Waals surface area contributed by atoms with E-state index in [1.807, 2.05) is 26.0 Å². The number of nitrogens with one attached hydrogen (secondary N) is 2. The molecule has 0 saturated heterocycles. The topological polar surface area (TPSA) is 75.3 Å². The van der Waals surface area contributed by atoms with Crippen molar-refractivity contribution >= 4 is 21.4 Å². The molecule has 0 fully saturated rings. The van der Waals surface area contributed by atoms with Crippen LogP contribution in [0.25, 0.3) is 0 Å². The minimum absolute atomic E-state index is 0.0709. The predicted molar refractivity (Wildman–Crippen MR) is 79.4 cm³/mol. The fourth-order valence-corrected chi connectivity index (χ4v) is 3.27. The van der Waals surface area contributed by atoms with Crippen molar-refractivity contribution in [1.29, 1.82) is 0 Å². The molecule has 0 radical (unpaired) electrons. The Balaban J connectivity index is 2.12. The van der Waals surface area contributed by atoms with Crippen molar-refractivity contribution in [3.05, 3.63) is 41.3 Å². The first-order valence-corrected chi connectivity index (χ1v) is 8.16. The number of carbonyl (C=O) groups excluding carboxylic acids is 1. The van der Waals surface area contributed by atoms with Crippen LogP contribution in [-0.2, 0) is 9.84 Å². The van der Waals surface area contributed by atoms with Gasteiger partial charge in [0.2, 0.25) is 0 Å². The zero-order valence-corrected chi connectivity index (χ0v) is 12.3. The molecule has 0 aliphatic carbocycles. The molecule has 1 heterocycles. The molecule has 1 atom stereocenters. The van der Waals surface area contributed by atoms with Gasteiger partial charge >= 0.3 is 0 Å². The Morgan fingerprint density at radius 2 is 2.00 bits per heavy atom. The monoisotopic (exact) mass is 294 g/mol. The molecular weight excluding hydrogens is 276 g/mol. The van der Waals surface area contributed by atoms with E-state index in [0.29, 0.717) is 5.56 Å². The molecule has 1 aliphatic rings. The van der Waals surface area contributed by atoms with Crippen molar-refractivity contribution < 1.29 is 13.2 Å². The summed E-state index contributed by atoms with van der Waals surface area (Å²) in [7, 11) is -3.16. The van der Waals surface area contributed by atoms with Crippen molar-refractivity contribution in [1.82, 2.24) is 5.32 Å². The molecule has 2 rings (SSSR count). The van der Waals surface area contributed by atoms with Crippen LogP contribution in [0, 0.1) is 0 Å². The van der Waals surface area contributed by atoms with Crippen molar-refractivity contribution in [2.24, 2.45) is 0 Å². The van der Waals surface area contributed by atoms with Crippen LogP contribution in [-0.4, -0.2) is 32.2 Å². The Labute approximate surface area is 119 Å². The fourth-order valence-electron chi connectivity index (χ4n) is 2.03. The minimum atomic E-state index is -3.16. The van der Waals surface area contributed by atoms with E-state index in [0.717, 1.165) is 11.1 Å². The van der Waals surface area contributed by atoms with Gasteiger partial charge in [-0.15, -0.1) is 0 Å². The van der Waals surface area contributed by atoms with Gasteiger partial charge in [0, 0.05) is 17.1 Å². The molecule has 1 unspecified atom stereocenters. The SMILES string of the molecule is CC(C)Nc1ccccc1C(=O)NC1C=CS(=O)(=O)C1. The van der Waals surface area contributed by atoms with Crippen molar-refractivity contribution in [2.75, 3.05) is 11.1 Å². The highest BCUT2D eigenvalue weighted by Gasteiger charge is 2.24. The highest BCUT2D eigenvalue weighted by atomic mass is 32.2. The maximum Gasteiger partial charge on any atom is 0.253 e. The quantitative estimate of drug-likeness (QED) is 0.883. The third-order valence-corrected chi connectivity index (χ3v) is 4.26. The van der Waals surface area contributed by atoms with Crippen LogP contribution >= 0.6 is 0 Å². The zero-order chi connectivity index (χ0) is 14.8. The zero-order valence-electron chi connectivity index (χ0n) is 11.5. The third kappa shape index (κ3) is 3.60. The summed E-state index contributed by atoms with van der Waals surface area (Å²) in [6, 6.07) is 6.92. The smallest absolute Gasteiger partial charge is 0.253 e. The summed E-state index contributed by atoms with van der Waals surface area (Å²) in [4.78, 5) is 12.2. The second kappa shape index (κ2) is 5.66. The lowest BCUT2D eigenvalue weighted by molar-refractivity contribution is 0.0948. The third-order valence-electron chi connectivity index (χ3n) is 2.86. The van der Waals surface area contributed by atoms with Crippen LogP contribution in [0.5, 0.6) is 0 Å². The fraction of sp³-hybridized carbons (Fsp3) is 0.357. The first kappa shape index (κ1) is 14.6. The summed E-state index contributed by atoms with van der Waals surface area (Å²) < 4.78 is 22.6. The number of benzene rings is 1. The molecule has 20 heavy (non-hydrogen) atoms. The summed E-state index contributed by atoms with van der Waals surface area (Å²) in [5.74, 6) is -0.348. The molecule has 6 heteroatoms. The molecule has 1 aromatic rings. The van der Waals surface area contributed by atoms with Crippen molar-refractivity contribution in [2.45, 2.75) is 25.9 Å². The van der Waals surface area contributed by atoms with E-state index >= 15 is 0 Å². The summed E-state index contributed by atoms with van der Waals surface area (Å²) in [5.41, 5.74) is 1.25. The van der Waals surface area contributed by atoms with Gasteiger partial charge in [-0.2, -0.15) is 0 Å². The van der Waals surface area contributed by atoms with Gasteiger partial charge in [0.25, 0.3) is 5.91 Å². The molecule has 5 nitrogen and oxygen atoms in total. The average Bonchev–Trinajstić information content (AvgIpc) is 2.68. The highest BCUT2D eigenvalue weighted by Crippen LogP contribution is 2.17. The Morgan fingerprint density at radius 3 is 2.60 bits per heavy atom. The largest absolute Gasteiger partial charge is 0.382 e. The van der Waals surface area contributed by atoms with E-state index in [9.17, 15) is 13.2 Å². The molecular formula is C14H18N2O3S. The van der Waals surface area contributed by atoms with Gasteiger partial charge in [-0.05, 0) is 32.1 Å². The Kier molecular flexibility index (Phi) is 4.13. The van der Waals surface area contributed by atoms with E-state index < -0.39 is 15.9 Å². The Bertz CT molecular complexity index is 636. The second-order valence-electron chi connectivity index (χ2n) is 5.08. The number of carbonyl (C=O) groups is 1.